The fraction of sp³-hybridized carbons (Fsp3) is 0.346. The van der Waals surface area contributed by atoms with Crippen LogP contribution in [0.25, 0.3) is 21.3 Å². The van der Waals surface area contributed by atoms with Gasteiger partial charge in [-0.15, -0.1) is 11.3 Å². The summed E-state index contributed by atoms with van der Waals surface area (Å²) in [5, 5.41) is 14.0. The number of aromatic amines is 1. The van der Waals surface area contributed by atoms with Crippen LogP contribution in [0.2, 0.25) is 0 Å². The minimum absolute atomic E-state index is 0.0844. The summed E-state index contributed by atoms with van der Waals surface area (Å²) in [5.74, 6) is -0.882. The summed E-state index contributed by atoms with van der Waals surface area (Å²) in [6.45, 7) is 6.70. The number of thiophene rings is 1. The molecule has 188 valence electrons. The highest BCUT2D eigenvalue weighted by Crippen LogP contribution is 2.48. The van der Waals surface area contributed by atoms with Crippen molar-refractivity contribution < 1.29 is 19.0 Å². The first-order valence-corrected chi connectivity index (χ1v) is 12.5. The van der Waals surface area contributed by atoms with Gasteiger partial charge in [0, 0.05) is 42.0 Å². The van der Waals surface area contributed by atoms with Crippen molar-refractivity contribution in [3.05, 3.63) is 62.4 Å². The quantitative estimate of drug-likeness (QED) is 0.350. The molecule has 0 aromatic carbocycles. The number of H-pyrrole nitrogens is 1. The number of aryl methyl sites for hydroxylation is 3. The van der Waals surface area contributed by atoms with E-state index in [1.54, 1.807) is 25.4 Å². The third kappa shape index (κ3) is 4.42. The molecule has 0 unspecified atom stereocenters. The lowest BCUT2D eigenvalue weighted by atomic mass is 10.1. The lowest BCUT2D eigenvalue weighted by molar-refractivity contribution is 0.0785. The predicted molar refractivity (Wildman–Crippen MR) is 136 cm³/mol. The maximum atomic E-state index is 15.8. The van der Waals surface area contributed by atoms with Gasteiger partial charge in [0.2, 0.25) is 5.88 Å². The number of halogens is 1. The number of aromatic nitrogens is 3. The van der Waals surface area contributed by atoms with Gasteiger partial charge >= 0.3 is 0 Å². The normalized spacial score (nSPS) is 13.9. The van der Waals surface area contributed by atoms with Crippen LogP contribution < -0.4 is 15.6 Å². The van der Waals surface area contributed by atoms with Crippen LogP contribution in [0.15, 0.2) is 29.2 Å². The molecule has 0 aliphatic heterocycles. The third-order valence-electron chi connectivity index (χ3n) is 6.01. The first-order valence-electron chi connectivity index (χ1n) is 11.6. The smallest absolute Gasteiger partial charge is 0.274 e. The van der Waals surface area contributed by atoms with Crippen molar-refractivity contribution in [1.82, 2.24) is 19.9 Å². The van der Waals surface area contributed by atoms with Crippen molar-refractivity contribution in [3.63, 3.8) is 0 Å². The number of amides is 1. The molecule has 8 nitrogen and oxygen atoms in total. The number of hydrogen-bond donors (Lipinski definition) is 3. The van der Waals surface area contributed by atoms with Gasteiger partial charge in [-0.1, -0.05) is 0 Å². The molecule has 4 aromatic rings. The number of carbonyl (C=O) groups excluding carboxylic acids is 1. The number of aliphatic hydroxyl groups is 1. The zero-order chi connectivity index (χ0) is 25.9. The Morgan fingerprint density at radius 2 is 2.03 bits per heavy atom. The minimum atomic E-state index is -1.48. The molecule has 0 bridgehead atoms. The van der Waals surface area contributed by atoms with E-state index in [-0.39, 0.29) is 45.2 Å². The van der Waals surface area contributed by atoms with E-state index >= 15 is 4.39 Å². The van der Waals surface area contributed by atoms with Crippen molar-refractivity contribution in [2.24, 2.45) is 7.05 Å². The van der Waals surface area contributed by atoms with Gasteiger partial charge in [-0.2, -0.15) is 0 Å². The maximum Gasteiger partial charge on any atom is 0.274 e. The molecule has 1 amide bonds. The Hall–Kier alpha value is -3.50. The summed E-state index contributed by atoms with van der Waals surface area (Å²) in [6.07, 6.45) is 3.45. The first kappa shape index (κ1) is 24.2. The van der Waals surface area contributed by atoms with Gasteiger partial charge < -0.3 is 24.7 Å². The summed E-state index contributed by atoms with van der Waals surface area (Å²) < 4.78 is 23.2. The Morgan fingerprint density at radius 1 is 1.31 bits per heavy atom. The van der Waals surface area contributed by atoms with E-state index in [0.717, 1.165) is 29.7 Å². The van der Waals surface area contributed by atoms with Crippen molar-refractivity contribution >= 4 is 28.1 Å². The van der Waals surface area contributed by atoms with Crippen LogP contribution in [0, 0.1) is 19.7 Å². The number of fused-ring (bicyclic) bond motifs is 1. The van der Waals surface area contributed by atoms with Gasteiger partial charge in [-0.25, -0.2) is 9.37 Å². The first-order chi connectivity index (χ1) is 16.9. The van der Waals surface area contributed by atoms with Crippen LogP contribution in [0.3, 0.4) is 0 Å². The zero-order valence-electron chi connectivity index (χ0n) is 20.7. The molecule has 3 N–H and O–H groups in total. The summed E-state index contributed by atoms with van der Waals surface area (Å²) in [7, 11) is 1.59. The number of nitrogens with zero attached hydrogens (tertiary/aromatic N) is 2. The molecule has 4 heterocycles. The molecule has 1 aliphatic carbocycles. The third-order valence-corrected chi connectivity index (χ3v) is 7.50. The molecule has 10 heteroatoms. The molecular weight excluding hydrogens is 483 g/mol. The van der Waals surface area contributed by atoms with Gasteiger partial charge in [0.15, 0.2) is 11.6 Å². The van der Waals surface area contributed by atoms with E-state index in [4.69, 9.17) is 4.74 Å². The van der Waals surface area contributed by atoms with Crippen LogP contribution >= 0.6 is 11.3 Å². The second kappa shape index (κ2) is 8.56. The lowest BCUT2D eigenvalue weighted by Gasteiger charge is -2.14. The molecule has 0 radical (unpaired) electrons. The molecule has 0 spiro atoms. The lowest BCUT2D eigenvalue weighted by Crippen LogP contribution is -2.25. The fourth-order valence-electron chi connectivity index (χ4n) is 4.15. The van der Waals surface area contributed by atoms with Gasteiger partial charge in [0.25, 0.3) is 11.5 Å². The zero-order valence-corrected chi connectivity index (χ0v) is 21.5. The number of ether oxygens (including phenoxy) is 1. The predicted octanol–water partition coefficient (Wildman–Crippen LogP) is 4.66. The topological polar surface area (TPSA) is 109 Å². The second-order valence-electron chi connectivity index (χ2n) is 9.87. The fourth-order valence-corrected chi connectivity index (χ4v) is 5.28. The number of pyridine rings is 2. The molecule has 1 saturated carbocycles. The average molecular weight is 511 g/mol. The van der Waals surface area contributed by atoms with Gasteiger partial charge in [-0.3, -0.25) is 9.59 Å². The number of carbonyl (C=O) groups is 1. The van der Waals surface area contributed by atoms with Crippen LogP contribution in [0.4, 0.5) is 4.39 Å². The standard InChI is InChI=1S/C26H27FN4O4S/c1-12-8-13(2)28-18(9-12)35-21-19(27)23(26(3,4)34)36-22(21)16-11-31(5)25(33)20-15(16)10-17(30-20)24(32)29-14-6-7-14/h8-11,14,30,34H,6-7H2,1-5H3,(H,29,32). The maximum absolute atomic E-state index is 15.8. The van der Waals surface area contributed by atoms with Crippen molar-refractivity contribution in [2.75, 3.05) is 0 Å². The highest BCUT2D eigenvalue weighted by atomic mass is 32.1. The van der Waals surface area contributed by atoms with Crippen LogP contribution in [-0.2, 0) is 12.6 Å². The second-order valence-corrected chi connectivity index (χ2v) is 10.9. The molecule has 1 aliphatic rings. The summed E-state index contributed by atoms with van der Waals surface area (Å²) in [4.78, 5) is 33.4. The monoisotopic (exact) mass is 510 g/mol. The van der Waals surface area contributed by atoms with E-state index in [1.165, 1.54) is 18.4 Å². The van der Waals surface area contributed by atoms with E-state index in [9.17, 15) is 14.7 Å². The summed E-state index contributed by atoms with van der Waals surface area (Å²) in [6, 6.07) is 5.33. The Bertz CT molecular complexity index is 1550. The van der Waals surface area contributed by atoms with E-state index in [1.807, 2.05) is 19.9 Å². The van der Waals surface area contributed by atoms with E-state index < -0.39 is 11.4 Å². The van der Waals surface area contributed by atoms with Gasteiger partial charge in [-0.05, 0) is 58.2 Å². The van der Waals surface area contributed by atoms with Gasteiger partial charge in [0.05, 0.1) is 15.4 Å². The molecule has 0 saturated heterocycles. The molecular formula is C26H27FN4O4S. The summed E-state index contributed by atoms with van der Waals surface area (Å²) >= 11 is 1.03. The average Bonchev–Trinajstić information content (AvgIpc) is 3.36. The largest absolute Gasteiger partial charge is 0.434 e. The highest BCUT2D eigenvalue weighted by molar-refractivity contribution is 7.16. The molecule has 1 fully saturated rings. The Kier molecular flexibility index (Phi) is 5.76. The van der Waals surface area contributed by atoms with Crippen molar-refractivity contribution in [2.45, 2.75) is 52.2 Å². The molecule has 0 atom stereocenters. The number of hydrogen-bond acceptors (Lipinski definition) is 6. The molecule has 4 aromatic heterocycles. The number of nitrogens with one attached hydrogen (secondary N) is 2. The van der Waals surface area contributed by atoms with Crippen LogP contribution in [0.5, 0.6) is 11.6 Å². The van der Waals surface area contributed by atoms with E-state index in [0.29, 0.717) is 21.5 Å². The highest BCUT2D eigenvalue weighted by Gasteiger charge is 2.32. The Labute approximate surface area is 210 Å². The van der Waals surface area contributed by atoms with E-state index in [2.05, 4.69) is 15.3 Å². The number of rotatable bonds is 6. The van der Waals surface area contributed by atoms with Crippen molar-refractivity contribution in [1.29, 1.82) is 0 Å². The minimum Gasteiger partial charge on any atom is -0.434 e. The molecule has 5 rings (SSSR count). The molecule has 36 heavy (non-hydrogen) atoms. The summed E-state index contributed by atoms with van der Waals surface area (Å²) in [5.41, 5.74) is 0.786. The van der Waals surface area contributed by atoms with Crippen molar-refractivity contribution in [3.8, 4) is 22.1 Å². The van der Waals surface area contributed by atoms with Crippen LogP contribution in [-0.4, -0.2) is 31.6 Å². The van der Waals surface area contributed by atoms with Gasteiger partial charge in [0.1, 0.15) is 11.2 Å². The Balaban J connectivity index is 1.72. The SMILES string of the molecule is Cc1cc(C)nc(Oc2c(-c3cn(C)c(=O)c4[nH]c(C(=O)NC5CC5)cc34)sc(C(C)(C)O)c2F)c1. The van der Waals surface area contributed by atoms with Crippen LogP contribution in [0.1, 0.15) is 53.3 Å². The Morgan fingerprint density at radius 3 is 2.67 bits per heavy atom.